The van der Waals surface area contributed by atoms with Crippen LogP contribution in [0.2, 0.25) is 0 Å². The Kier molecular flexibility index (Phi) is 4.28. The number of hydrogen-bond acceptors (Lipinski definition) is 2. The van der Waals surface area contributed by atoms with Crippen molar-refractivity contribution in [3.8, 4) is 11.1 Å². The molecule has 0 bridgehead atoms. The van der Waals surface area contributed by atoms with E-state index in [1.165, 1.54) is 0 Å². The number of benzene rings is 2. The van der Waals surface area contributed by atoms with E-state index in [4.69, 9.17) is 0 Å². The van der Waals surface area contributed by atoms with Gasteiger partial charge >= 0.3 is 6.03 Å². The first-order valence-electron chi connectivity index (χ1n) is 7.58. The average molecular weight is 309 g/mol. The molecule has 0 aromatic heterocycles. The molecule has 1 atom stereocenters. The lowest BCUT2D eigenvalue weighted by Gasteiger charge is -2.22. The number of carbonyl (C=O) groups excluding carboxylic acids is 2. The Bertz CT molecular complexity index is 715. The van der Waals surface area contributed by atoms with Gasteiger partial charge in [0, 0.05) is 20.1 Å². The SMILES string of the molecule is CN(Cc1ccccc1-c1ccccc1)C(=O)[C@@H]1CNC(=O)N1. The molecule has 23 heavy (non-hydrogen) atoms. The summed E-state index contributed by atoms with van der Waals surface area (Å²) >= 11 is 0. The zero-order valence-electron chi connectivity index (χ0n) is 13.0. The maximum absolute atomic E-state index is 12.4. The standard InChI is InChI=1S/C18H19N3O2/c1-21(17(22)16-11-19-18(23)20-16)12-14-9-5-6-10-15(14)13-7-3-2-4-8-13/h2-10,16H,11-12H2,1H3,(H2,19,20,23)/t16-/m0/s1. The quantitative estimate of drug-likeness (QED) is 0.907. The lowest BCUT2D eigenvalue weighted by molar-refractivity contribution is -0.131. The minimum Gasteiger partial charge on any atom is -0.340 e. The lowest BCUT2D eigenvalue weighted by atomic mass is 9.99. The van der Waals surface area contributed by atoms with Crippen LogP contribution in [0.5, 0.6) is 0 Å². The smallest absolute Gasteiger partial charge is 0.315 e. The van der Waals surface area contributed by atoms with Gasteiger partial charge in [0.1, 0.15) is 6.04 Å². The maximum atomic E-state index is 12.4. The molecule has 0 spiro atoms. The van der Waals surface area contributed by atoms with E-state index in [0.29, 0.717) is 13.1 Å². The van der Waals surface area contributed by atoms with Gasteiger partial charge in [0.05, 0.1) is 0 Å². The van der Waals surface area contributed by atoms with Crippen LogP contribution in [0.1, 0.15) is 5.56 Å². The molecule has 0 unspecified atom stereocenters. The third kappa shape index (κ3) is 3.34. The molecule has 1 fully saturated rings. The molecule has 1 saturated heterocycles. The van der Waals surface area contributed by atoms with Crippen LogP contribution in [0, 0.1) is 0 Å². The van der Waals surface area contributed by atoms with Crippen LogP contribution in [0.15, 0.2) is 54.6 Å². The van der Waals surface area contributed by atoms with Gasteiger partial charge in [-0.2, -0.15) is 0 Å². The van der Waals surface area contributed by atoms with E-state index < -0.39 is 6.04 Å². The van der Waals surface area contributed by atoms with Crippen LogP contribution >= 0.6 is 0 Å². The van der Waals surface area contributed by atoms with Crippen molar-refractivity contribution in [1.29, 1.82) is 0 Å². The summed E-state index contributed by atoms with van der Waals surface area (Å²) in [7, 11) is 1.76. The summed E-state index contributed by atoms with van der Waals surface area (Å²) in [6.07, 6.45) is 0. The molecular weight excluding hydrogens is 290 g/mol. The van der Waals surface area contributed by atoms with Gasteiger partial charge in [-0.3, -0.25) is 4.79 Å². The first-order chi connectivity index (χ1) is 11.1. The van der Waals surface area contributed by atoms with Crippen LogP contribution in [0.25, 0.3) is 11.1 Å². The molecular formula is C18H19N3O2. The Hall–Kier alpha value is -2.82. The normalized spacial score (nSPS) is 16.6. The van der Waals surface area contributed by atoms with Gasteiger partial charge in [-0.25, -0.2) is 4.79 Å². The van der Waals surface area contributed by atoms with E-state index >= 15 is 0 Å². The van der Waals surface area contributed by atoms with Gasteiger partial charge in [0.25, 0.3) is 0 Å². The van der Waals surface area contributed by atoms with Gasteiger partial charge < -0.3 is 15.5 Å². The maximum Gasteiger partial charge on any atom is 0.315 e. The fraction of sp³-hybridized carbons (Fsp3) is 0.222. The highest BCUT2D eigenvalue weighted by Crippen LogP contribution is 2.24. The second-order valence-electron chi connectivity index (χ2n) is 5.62. The summed E-state index contributed by atoms with van der Waals surface area (Å²) in [6.45, 7) is 0.832. The Balaban J connectivity index is 1.78. The van der Waals surface area contributed by atoms with Crippen LogP contribution in [0.3, 0.4) is 0 Å². The molecule has 2 N–H and O–H groups in total. The van der Waals surface area contributed by atoms with E-state index in [1.54, 1.807) is 11.9 Å². The van der Waals surface area contributed by atoms with Crippen molar-refractivity contribution in [2.75, 3.05) is 13.6 Å². The van der Waals surface area contributed by atoms with E-state index in [9.17, 15) is 9.59 Å². The molecule has 0 radical (unpaired) electrons. The number of likely N-dealkylation sites (N-methyl/N-ethyl adjacent to an activating group) is 1. The number of rotatable bonds is 4. The van der Waals surface area contributed by atoms with Crippen LogP contribution < -0.4 is 10.6 Å². The molecule has 2 aromatic carbocycles. The lowest BCUT2D eigenvalue weighted by Crippen LogP contribution is -2.43. The Morgan fingerprint density at radius 2 is 1.83 bits per heavy atom. The summed E-state index contributed by atoms with van der Waals surface area (Å²) in [6, 6.07) is 17.4. The minimum atomic E-state index is -0.489. The summed E-state index contributed by atoms with van der Waals surface area (Å²) in [4.78, 5) is 25.3. The summed E-state index contributed by atoms with van der Waals surface area (Å²) in [5.41, 5.74) is 3.31. The second-order valence-corrected chi connectivity index (χ2v) is 5.62. The number of hydrogen-bond donors (Lipinski definition) is 2. The van der Waals surface area contributed by atoms with Crippen molar-refractivity contribution in [2.45, 2.75) is 12.6 Å². The van der Waals surface area contributed by atoms with Crippen molar-refractivity contribution in [3.63, 3.8) is 0 Å². The fourth-order valence-electron chi connectivity index (χ4n) is 2.76. The van der Waals surface area contributed by atoms with E-state index in [0.717, 1.165) is 16.7 Å². The first kappa shape index (κ1) is 15.1. The average Bonchev–Trinajstić information content (AvgIpc) is 3.02. The molecule has 1 aliphatic rings. The molecule has 3 rings (SSSR count). The van der Waals surface area contributed by atoms with Gasteiger partial charge in [0.15, 0.2) is 0 Å². The molecule has 1 aliphatic heterocycles. The number of urea groups is 1. The molecule has 1 heterocycles. The van der Waals surface area contributed by atoms with Crippen LogP contribution in [-0.4, -0.2) is 36.5 Å². The number of nitrogens with one attached hydrogen (secondary N) is 2. The predicted molar refractivity (Wildman–Crippen MR) is 88.7 cm³/mol. The summed E-state index contributed by atoms with van der Waals surface area (Å²) in [5.74, 6) is -0.0915. The number of nitrogens with zero attached hydrogens (tertiary/aromatic N) is 1. The van der Waals surface area contributed by atoms with Crippen molar-refractivity contribution in [2.24, 2.45) is 0 Å². The Labute approximate surface area is 135 Å². The van der Waals surface area contributed by atoms with Gasteiger partial charge in [-0.15, -0.1) is 0 Å². The van der Waals surface area contributed by atoms with E-state index in [1.807, 2.05) is 36.4 Å². The first-order valence-corrected chi connectivity index (χ1v) is 7.58. The molecule has 118 valence electrons. The zero-order valence-corrected chi connectivity index (χ0v) is 13.0. The largest absolute Gasteiger partial charge is 0.340 e. The van der Waals surface area contributed by atoms with Crippen molar-refractivity contribution < 1.29 is 9.59 Å². The summed E-state index contributed by atoms with van der Waals surface area (Å²) < 4.78 is 0. The van der Waals surface area contributed by atoms with Gasteiger partial charge in [0.2, 0.25) is 5.91 Å². The fourth-order valence-corrected chi connectivity index (χ4v) is 2.76. The Morgan fingerprint density at radius 1 is 1.13 bits per heavy atom. The third-order valence-electron chi connectivity index (χ3n) is 3.96. The highest BCUT2D eigenvalue weighted by atomic mass is 16.2. The third-order valence-corrected chi connectivity index (χ3v) is 3.96. The molecule has 5 nitrogen and oxygen atoms in total. The van der Waals surface area contributed by atoms with Crippen molar-refractivity contribution >= 4 is 11.9 Å². The molecule has 5 heteroatoms. The summed E-state index contributed by atoms with van der Waals surface area (Å²) in [5, 5.41) is 5.23. The number of carbonyl (C=O) groups is 2. The van der Waals surface area contributed by atoms with Crippen molar-refractivity contribution in [3.05, 3.63) is 60.2 Å². The predicted octanol–water partition coefficient (Wildman–Crippen LogP) is 1.99. The number of amides is 3. The zero-order chi connectivity index (χ0) is 16.2. The highest BCUT2D eigenvalue weighted by molar-refractivity contribution is 5.90. The molecule has 0 aliphatic carbocycles. The monoisotopic (exact) mass is 309 g/mol. The Morgan fingerprint density at radius 3 is 2.52 bits per heavy atom. The van der Waals surface area contributed by atoms with Crippen molar-refractivity contribution in [1.82, 2.24) is 15.5 Å². The molecule has 2 aromatic rings. The van der Waals surface area contributed by atoms with Crippen LogP contribution in [-0.2, 0) is 11.3 Å². The van der Waals surface area contributed by atoms with E-state index in [2.05, 4.69) is 28.8 Å². The highest BCUT2D eigenvalue weighted by Gasteiger charge is 2.29. The van der Waals surface area contributed by atoms with Gasteiger partial charge in [-0.05, 0) is 16.7 Å². The van der Waals surface area contributed by atoms with Gasteiger partial charge in [-0.1, -0.05) is 54.6 Å². The molecule has 0 saturated carbocycles. The van der Waals surface area contributed by atoms with E-state index in [-0.39, 0.29) is 11.9 Å². The second kappa shape index (κ2) is 6.52. The minimum absolute atomic E-state index is 0.0915. The molecule has 3 amide bonds. The van der Waals surface area contributed by atoms with Crippen LogP contribution in [0.4, 0.5) is 4.79 Å². The topological polar surface area (TPSA) is 61.4 Å².